The quantitative estimate of drug-likeness (QED) is 0.269. The zero-order valence-electron chi connectivity index (χ0n) is 17.2. The summed E-state index contributed by atoms with van der Waals surface area (Å²) in [6, 6.07) is 2.09. The van der Waals surface area contributed by atoms with E-state index in [4.69, 9.17) is 14.3 Å². The number of esters is 1. The summed E-state index contributed by atoms with van der Waals surface area (Å²) in [6.45, 7) is 8.55. The molecule has 0 amide bonds. The number of aliphatic hydroxyl groups excluding tert-OH is 1. The fraction of sp³-hybridized carbons (Fsp3) is 0.762. The monoisotopic (exact) mass is 382 g/mol. The summed E-state index contributed by atoms with van der Waals surface area (Å²) < 4.78 is 11.3. The number of carbonyl (C=O) groups is 1. The lowest BCUT2D eigenvalue weighted by atomic mass is 10.0. The second kappa shape index (κ2) is 12.3. The Morgan fingerprint density at radius 2 is 1.58 bits per heavy atom. The van der Waals surface area contributed by atoms with E-state index in [9.17, 15) is 4.79 Å². The van der Waals surface area contributed by atoms with E-state index in [-0.39, 0.29) is 12.1 Å². The van der Waals surface area contributed by atoms with Gasteiger partial charge in [-0.15, -0.1) is 0 Å². The molecule has 1 atom stereocenters. The average molecular weight is 383 g/mol. The molecule has 5 heteroatoms. The fourth-order valence-corrected chi connectivity index (χ4v) is 4.10. The molecule has 1 heterocycles. The summed E-state index contributed by atoms with van der Waals surface area (Å²) in [6.07, 6.45) is 13.0. The van der Waals surface area contributed by atoms with E-state index in [2.05, 4.69) is 25.7 Å². The van der Waals surface area contributed by atoms with Gasteiger partial charge in [-0.3, -0.25) is 4.79 Å². The van der Waals surface area contributed by atoms with Gasteiger partial charge in [-0.05, 0) is 25.3 Å². The van der Waals surface area contributed by atoms with Gasteiger partial charge in [0.25, 0.3) is 0 Å². The molecule has 1 rings (SSSR count). The number of hydrogen-bond acceptors (Lipinski definition) is 4. The normalized spacial score (nSPS) is 13.0. The summed E-state index contributed by atoms with van der Waals surface area (Å²) in [5.41, 5.74) is 1.00. The number of carbonyl (C=O) groups excluding carboxylic acids is 1. The van der Waals surface area contributed by atoms with Crippen LogP contribution in [0.5, 0.6) is 0 Å². The van der Waals surface area contributed by atoms with Crippen LogP contribution in [0.3, 0.4) is 0 Å². The van der Waals surface area contributed by atoms with Crippen LogP contribution in [0.2, 0.25) is 19.6 Å². The van der Waals surface area contributed by atoms with Crippen LogP contribution in [0.25, 0.3) is 0 Å². The van der Waals surface area contributed by atoms with Crippen molar-refractivity contribution in [2.75, 3.05) is 6.61 Å². The van der Waals surface area contributed by atoms with E-state index in [1.165, 1.54) is 45.4 Å². The van der Waals surface area contributed by atoms with Gasteiger partial charge in [0.05, 0.1) is 11.6 Å². The van der Waals surface area contributed by atoms with Gasteiger partial charge >= 0.3 is 5.97 Å². The van der Waals surface area contributed by atoms with Crippen LogP contribution in [0.15, 0.2) is 16.7 Å². The smallest absolute Gasteiger partial charge is 0.303 e. The summed E-state index contributed by atoms with van der Waals surface area (Å²) in [7, 11) is -1.48. The molecule has 1 aromatic heterocycles. The molecule has 0 spiro atoms. The molecule has 0 aliphatic heterocycles. The molecule has 0 saturated heterocycles. The zero-order valence-corrected chi connectivity index (χ0v) is 18.2. The standard InChI is InChI=1S/C21H38O4Si/c1-18(23)25-20(19-16-21(24-17-19)26(2,3)4)14-12-10-8-6-5-7-9-11-13-15-22/h16-17,20,22H,5-15H2,1-4H3. The van der Waals surface area contributed by atoms with Crippen LogP contribution in [0, 0.1) is 0 Å². The SMILES string of the molecule is CC(=O)OC(CCCCCCCCCCCO)c1coc([Si](C)(C)C)c1. The zero-order chi connectivity index (χ0) is 19.4. The Balaban J connectivity index is 2.31. The van der Waals surface area contributed by atoms with Gasteiger partial charge in [-0.25, -0.2) is 0 Å². The van der Waals surface area contributed by atoms with Crippen molar-refractivity contribution in [3.8, 4) is 0 Å². The number of rotatable bonds is 14. The van der Waals surface area contributed by atoms with Crippen molar-refractivity contribution in [3.05, 3.63) is 17.9 Å². The Hall–Kier alpha value is -1.07. The van der Waals surface area contributed by atoms with Crippen molar-refractivity contribution in [1.82, 2.24) is 0 Å². The van der Waals surface area contributed by atoms with Crippen molar-refractivity contribution in [2.45, 2.75) is 96.9 Å². The molecule has 0 fully saturated rings. The lowest BCUT2D eigenvalue weighted by molar-refractivity contribution is -0.147. The summed E-state index contributed by atoms with van der Waals surface area (Å²) >= 11 is 0. The topological polar surface area (TPSA) is 59.7 Å². The lowest BCUT2D eigenvalue weighted by Crippen LogP contribution is -2.36. The van der Waals surface area contributed by atoms with Crippen molar-refractivity contribution in [3.63, 3.8) is 0 Å². The van der Waals surface area contributed by atoms with Crippen LogP contribution in [0.1, 0.15) is 82.8 Å². The van der Waals surface area contributed by atoms with Crippen LogP contribution in [0.4, 0.5) is 0 Å². The molecule has 0 saturated carbocycles. The largest absolute Gasteiger partial charge is 0.474 e. The van der Waals surface area contributed by atoms with E-state index in [0.29, 0.717) is 6.61 Å². The maximum absolute atomic E-state index is 11.5. The molecule has 4 nitrogen and oxygen atoms in total. The lowest BCUT2D eigenvalue weighted by Gasteiger charge is -2.15. The van der Waals surface area contributed by atoms with Crippen LogP contribution < -0.4 is 5.38 Å². The summed E-state index contributed by atoms with van der Waals surface area (Å²) in [5.74, 6) is -0.228. The molecule has 0 aliphatic carbocycles. The summed E-state index contributed by atoms with van der Waals surface area (Å²) in [5, 5.41) is 9.81. The van der Waals surface area contributed by atoms with Crippen LogP contribution in [-0.4, -0.2) is 25.8 Å². The molecule has 0 bridgehead atoms. The number of unbranched alkanes of at least 4 members (excludes halogenated alkanes) is 8. The molecule has 1 aromatic rings. The number of hydrogen-bond donors (Lipinski definition) is 1. The highest BCUT2D eigenvalue weighted by Crippen LogP contribution is 2.25. The predicted octanol–water partition coefficient (Wildman–Crippen LogP) is 5.32. The minimum Gasteiger partial charge on any atom is -0.474 e. The van der Waals surface area contributed by atoms with Crippen molar-refractivity contribution >= 4 is 19.4 Å². The van der Waals surface area contributed by atoms with Crippen molar-refractivity contribution in [2.24, 2.45) is 0 Å². The highest BCUT2D eigenvalue weighted by molar-refractivity contribution is 6.87. The Bertz CT molecular complexity index is 504. The highest BCUT2D eigenvalue weighted by atomic mass is 28.3. The van der Waals surface area contributed by atoms with Gasteiger partial charge < -0.3 is 14.3 Å². The third-order valence-electron chi connectivity index (χ3n) is 4.66. The minimum atomic E-state index is -1.48. The van der Waals surface area contributed by atoms with E-state index in [1.807, 2.05) is 0 Å². The van der Waals surface area contributed by atoms with Gasteiger partial charge in [0, 0.05) is 19.1 Å². The van der Waals surface area contributed by atoms with Crippen LogP contribution in [-0.2, 0) is 9.53 Å². The Morgan fingerprint density at radius 1 is 1.04 bits per heavy atom. The second-order valence-corrected chi connectivity index (χ2v) is 13.3. The third-order valence-corrected chi connectivity index (χ3v) is 6.40. The average Bonchev–Trinajstić information content (AvgIpc) is 3.05. The highest BCUT2D eigenvalue weighted by Gasteiger charge is 2.24. The Labute approximate surface area is 160 Å². The molecule has 0 radical (unpaired) electrons. The van der Waals surface area contributed by atoms with Crippen molar-refractivity contribution in [1.29, 1.82) is 0 Å². The predicted molar refractivity (Wildman–Crippen MR) is 109 cm³/mol. The Morgan fingerprint density at radius 3 is 2.04 bits per heavy atom. The third kappa shape index (κ3) is 9.58. The molecular formula is C21H38O4Si. The van der Waals surface area contributed by atoms with Gasteiger partial charge in [0.1, 0.15) is 14.2 Å². The molecule has 150 valence electrons. The fourth-order valence-electron chi connectivity index (χ4n) is 3.09. The molecule has 1 N–H and O–H groups in total. The first kappa shape index (κ1) is 23.0. The molecule has 26 heavy (non-hydrogen) atoms. The second-order valence-electron chi connectivity index (χ2n) is 8.29. The van der Waals surface area contributed by atoms with Crippen molar-refractivity contribution < 1.29 is 19.1 Å². The van der Waals surface area contributed by atoms with E-state index in [0.717, 1.165) is 36.6 Å². The summed E-state index contributed by atoms with van der Waals surface area (Å²) in [4.78, 5) is 11.5. The van der Waals surface area contributed by atoms with Gasteiger partial charge in [-0.1, -0.05) is 64.6 Å². The number of aliphatic hydroxyl groups is 1. The number of ether oxygens (including phenoxy) is 1. The maximum Gasteiger partial charge on any atom is 0.303 e. The Kier molecular flexibility index (Phi) is 10.9. The van der Waals surface area contributed by atoms with E-state index in [1.54, 1.807) is 6.26 Å². The van der Waals surface area contributed by atoms with Gasteiger partial charge in [-0.2, -0.15) is 0 Å². The number of furan rings is 1. The molecule has 0 aromatic carbocycles. The molecule has 0 aliphatic rings. The van der Waals surface area contributed by atoms with E-state index < -0.39 is 8.07 Å². The first-order chi connectivity index (χ1) is 12.3. The maximum atomic E-state index is 11.5. The molecule has 1 unspecified atom stereocenters. The first-order valence-electron chi connectivity index (χ1n) is 10.2. The molecular weight excluding hydrogens is 344 g/mol. The first-order valence-corrected chi connectivity index (χ1v) is 13.7. The minimum absolute atomic E-state index is 0.181. The van der Waals surface area contributed by atoms with Gasteiger partial charge in [0.15, 0.2) is 0 Å². The van der Waals surface area contributed by atoms with Crippen LogP contribution >= 0.6 is 0 Å². The van der Waals surface area contributed by atoms with E-state index >= 15 is 0 Å². The van der Waals surface area contributed by atoms with Gasteiger partial charge in [0.2, 0.25) is 0 Å².